The highest BCUT2D eigenvalue weighted by Gasteiger charge is 2.50. The Morgan fingerprint density at radius 3 is 2.14 bits per heavy atom. The van der Waals surface area contributed by atoms with Gasteiger partial charge in [-0.3, -0.25) is 4.79 Å². The second kappa shape index (κ2) is 11.1. The van der Waals surface area contributed by atoms with Gasteiger partial charge in [0.05, 0.1) is 16.5 Å². The summed E-state index contributed by atoms with van der Waals surface area (Å²) in [5, 5.41) is 5.97. The second-order valence-electron chi connectivity index (χ2n) is 10.2. The lowest BCUT2D eigenvalue weighted by Crippen LogP contribution is -2.50. The monoisotopic (exact) mass is 508 g/mol. The summed E-state index contributed by atoms with van der Waals surface area (Å²) in [6.07, 6.45) is -5.85. The number of halogens is 6. The molecule has 2 atom stereocenters. The molecule has 0 aromatic heterocycles. The highest BCUT2D eigenvalue weighted by Crippen LogP contribution is 2.45. The number of carbonyl (C=O) groups is 1. The summed E-state index contributed by atoms with van der Waals surface area (Å²) < 4.78 is 84.9. The fourth-order valence-corrected chi connectivity index (χ4v) is 5.46. The van der Waals surface area contributed by atoms with Crippen molar-refractivity contribution in [3.8, 4) is 0 Å². The van der Waals surface area contributed by atoms with Gasteiger partial charge in [-0.25, -0.2) is 0 Å². The van der Waals surface area contributed by atoms with E-state index in [0.717, 1.165) is 25.7 Å². The van der Waals surface area contributed by atoms with Gasteiger partial charge in [0.1, 0.15) is 0 Å². The van der Waals surface area contributed by atoms with E-state index >= 15 is 0 Å². The van der Waals surface area contributed by atoms with E-state index in [0.29, 0.717) is 50.8 Å². The lowest BCUT2D eigenvalue weighted by Gasteiger charge is -2.42. The fraction of sp³-hybridized carbons (Fsp3) is 0.720. The maximum atomic E-state index is 13.6. The van der Waals surface area contributed by atoms with Crippen molar-refractivity contribution in [3.05, 3.63) is 34.9 Å². The Hall–Kier alpha value is -1.81. The van der Waals surface area contributed by atoms with Gasteiger partial charge in [0.15, 0.2) is 0 Å². The van der Waals surface area contributed by atoms with Crippen LogP contribution < -0.4 is 10.6 Å². The molecule has 2 unspecified atom stereocenters. The lowest BCUT2D eigenvalue weighted by atomic mass is 9.64. The van der Waals surface area contributed by atoms with Gasteiger partial charge in [0, 0.05) is 26.3 Å². The van der Waals surface area contributed by atoms with Gasteiger partial charge in [-0.1, -0.05) is 20.3 Å². The zero-order valence-corrected chi connectivity index (χ0v) is 20.1. The SMILES string of the molecule is CC(C)CCC(C1CCOCC1)C1(C(=O)NCc2cc(C(F)(F)F)cc(C(F)(F)F)c2)CCNC1. The molecule has 2 aliphatic rings. The predicted molar refractivity (Wildman–Crippen MR) is 119 cm³/mol. The number of hydrogen-bond donors (Lipinski definition) is 2. The summed E-state index contributed by atoms with van der Waals surface area (Å²) in [4.78, 5) is 13.6. The number of benzene rings is 1. The Morgan fingerprint density at radius 2 is 1.66 bits per heavy atom. The van der Waals surface area contributed by atoms with Gasteiger partial charge in [-0.15, -0.1) is 0 Å². The van der Waals surface area contributed by atoms with Gasteiger partial charge in [0.2, 0.25) is 5.91 Å². The third kappa shape index (κ3) is 6.90. The highest BCUT2D eigenvalue weighted by molar-refractivity contribution is 5.83. The molecule has 2 heterocycles. The van der Waals surface area contributed by atoms with E-state index < -0.39 is 35.4 Å². The minimum atomic E-state index is -4.93. The molecule has 0 spiro atoms. The molecule has 4 nitrogen and oxygen atoms in total. The molecule has 0 bridgehead atoms. The molecule has 1 amide bonds. The third-order valence-electron chi connectivity index (χ3n) is 7.34. The van der Waals surface area contributed by atoms with Gasteiger partial charge >= 0.3 is 12.4 Å². The molecular weight excluding hydrogens is 474 g/mol. The molecule has 0 aliphatic carbocycles. The van der Waals surface area contributed by atoms with Crippen LogP contribution in [0.5, 0.6) is 0 Å². The van der Waals surface area contributed by atoms with Gasteiger partial charge < -0.3 is 15.4 Å². The van der Waals surface area contributed by atoms with Crippen molar-refractivity contribution in [2.24, 2.45) is 23.2 Å². The van der Waals surface area contributed by atoms with Crippen LogP contribution in [0, 0.1) is 23.2 Å². The first-order chi connectivity index (χ1) is 16.3. The van der Waals surface area contributed by atoms with Crippen molar-refractivity contribution in [1.29, 1.82) is 0 Å². The van der Waals surface area contributed by atoms with E-state index in [-0.39, 0.29) is 29.4 Å². The van der Waals surface area contributed by atoms with E-state index in [1.165, 1.54) is 0 Å². The Balaban J connectivity index is 1.85. The minimum absolute atomic E-state index is 0.0519. The molecule has 198 valence electrons. The van der Waals surface area contributed by atoms with Crippen molar-refractivity contribution in [1.82, 2.24) is 10.6 Å². The van der Waals surface area contributed by atoms with E-state index in [1.807, 2.05) is 0 Å². The van der Waals surface area contributed by atoms with Crippen LogP contribution in [-0.4, -0.2) is 32.2 Å². The summed E-state index contributed by atoms with van der Waals surface area (Å²) >= 11 is 0. The van der Waals surface area contributed by atoms with Crippen LogP contribution in [0.4, 0.5) is 26.3 Å². The molecule has 2 fully saturated rings. The molecule has 3 rings (SSSR count). The molecule has 2 N–H and O–H groups in total. The summed E-state index contributed by atoms with van der Waals surface area (Å²) in [7, 11) is 0. The minimum Gasteiger partial charge on any atom is -0.381 e. The third-order valence-corrected chi connectivity index (χ3v) is 7.34. The van der Waals surface area contributed by atoms with Crippen molar-refractivity contribution in [2.45, 2.75) is 64.8 Å². The molecule has 1 aromatic rings. The maximum Gasteiger partial charge on any atom is 0.416 e. The number of amides is 1. The molecule has 2 aliphatic heterocycles. The van der Waals surface area contributed by atoms with Crippen LogP contribution in [0.25, 0.3) is 0 Å². The van der Waals surface area contributed by atoms with Gasteiger partial charge in [-0.05, 0) is 73.7 Å². The summed E-state index contributed by atoms with van der Waals surface area (Å²) in [5.74, 6) is 0.459. The van der Waals surface area contributed by atoms with Crippen LogP contribution in [0.2, 0.25) is 0 Å². The van der Waals surface area contributed by atoms with E-state index in [9.17, 15) is 31.1 Å². The number of alkyl halides is 6. The second-order valence-corrected chi connectivity index (χ2v) is 10.2. The molecule has 10 heteroatoms. The molecule has 1 aromatic carbocycles. The first-order valence-corrected chi connectivity index (χ1v) is 12.2. The normalized spacial score (nSPS) is 23.0. The number of hydrogen-bond acceptors (Lipinski definition) is 3. The van der Waals surface area contributed by atoms with Crippen molar-refractivity contribution in [3.63, 3.8) is 0 Å². The zero-order chi connectivity index (χ0) is 25.9. The van der Waals surface area contributed by atoms with Crippen LogP contribution >= 0.6 is 0 Å². The maximum absolute atomic E-state index is 13.6. The molecule has 2 saturated heterocycles. The Bertz CT molecular complexity index is 824. The van der Waals surface area contributed by atoms with Crippen LogP contribution in [-0.2, 0) is 28.4 Å². The zero-order valence-electron chi connectivity index (χ0n) is 20.1. The highest BCUT2D eigenvalue weighted by atomic mass is 19.4. The molecular formula is C25H34F6N2O2. The van der Waals surface area contributed by atoms with Gasteiger partial charge in [-0.2, -0.15) is 26.3 Å². The topological polar surface area (TPSA) is 50.4 Å². The van der Waals surface area contributed by atoms with Crippen molar-refractivity contribution < 1.29 is 35.9 Å². The Kier molecular flexibility index (Phi) is 8.78. The van der Waals surface area contributed by atoms with Crippen LogP contribution in [0.15, 0.2) is 18.2 Å². The number of carbonyl (C=O) groups excluding carboxylic acids is 1. The first kappa shape index (κ1) is 27.8. The smallest absolute Gasteiger partial charge is 0.381 e. The summed E-state index contributed by atoms with van der Waals surface area (Å²) in [5.41, 5.74) is -3.76. The molecule has 0 radical (unpaired) electrons. The van der Waals surface area contributed by atoms with Crippen LogP contribution in [0.1, 0.15) is 62.6 Å². The van der Waals surface area contributed by atoms with E-state index in [4.69, 9.17) is 4.74 Å². The van der Waals surface area contributed by atoms with E-state index in [2.05, 4.69) is 24.5 Å². The molecule has 35 heavy (non-hydrogen) atoms. The average molecular weight is 509 g/mol. The standard InChI is InChI=1S/C25H34F6N2O2/c1-16(2)3-4-21(18-5-9-35-10-6-18)23(7-8-32-15-23)22(34)33-14-17-11-19(24(26,27)28)13-20(12-17)25(29,30)31/h11-13,16,18,21,32H,3-10,14-15H2,1-2H3,(H,33,34). The Labute approximate surface area is 202 Å². The fourth-order valence-electron chi connectivity index (χ4n) is 5.46. The van der Waals surface area contributed by atoms with Crippen LogP contribution in [0.3, 0.4) is 0 Å². The van der Waals surface area contributed by atoms with Crippen molar-refractivity contribution >= 4 is 5.91 Å². The Morgan fingerprint density at radius 1 is 1.06 bits per heavy atom. The predicted octanol–water partition coefficient (Wildman–Crippen LogP) is 5.80. The summed E-state index contributed by atoms with van der Waals surface area (Å²) in [6, 6.07) is 1.44. The van der Waals surface area contributed by atoms with Crippen molar-refractivity contribution in [2.75, 3.05) is 26.3 Å². The number of rotatable bonds is 8. The quantitative estimate of drug-likeness (QED) is 0.437. The van der Waals surface area contributed by atoms with E-state index in [1.54, 1.807) is 0 Å². The molecule has 0 saturated carbocycles. The lowest BCUT2D eigenvalue weighted by molar-refractivity contribution is -0.143. The number of nitrogens with one attached hydrogen (secondary N) is 2. The van der Waals surface area contributed by atoms with Gasteiger partial charge in [0.25, 0.3) is 0 Å². The summed E-state index contributed by atoms with van der Waals surface area (Å²) in [6.45, 7) is 6.15. The first-order valence-electron chi connectivity index (χ1n) is 12.2. The largest absolute Gasteiger partial charge is 0.416 e. The number of ether oxygens (including phenoxy) is 1. The average Bonchev–Trinajstić information content (AvgIpc) is 3.27.